The van der Waals surface area contributed by atoms with E-state index in [2.05, 4.69) is 43.1 Å². The highest BCUT2D eigenvalue weighted by molar-refractivity contribution is 7.10. The Morgan fingerprint density at radius 1 is 1.18 bits per heavy atom. The van der Waals surface area contributed by atoms with Gasteiger partial charge in [0.1, 0.15) is 17.1 Å². The molecule has 1 unspecified atom stereocenters. The molecule has 0 aliphatic heterocycles. The van der Waals surface area contributed by atoms with Crippen LogP contribution in [0.5, 0.6) is 5.75 Å². The van der Waals surface area contributed by atoms with Crippen molar-refractivity contribution in [1.29, 1.82) is 0 Å². The number of ether oxygens (including phenoxy) is 1. The zero-order valence-electron chi connectivity index (χ0n) is 24.7. The molecule has 2 N–H and O–H groups in total. The Bertz CT molecular complexity index is 1110. The summed E-state index contributed by atoms with van der Waals surface area (Å²) >= 11 is 1.97. The number of nitrogens with one attached hydrogen (secondary N) is 1. The van der Waals surface area contributed by atoms with Crippen molar-refractivity contribution in [2.24, 2.45) is 5.92 Å². The fourth-order valence-electron chi connectivity index (χ4n) is 3.99. The Morgan fingerprint density at radius 3 is 2.49 bits per heavy atom. The Morgan fingerprint density at radius 2 is 1.90 bits per heavy atom. The van der Waals surface area contributed by atoms with Crippen LogP contribution in [0.15, 0.2) is 32.9 Å². The lowest BCUT2D eigenvalue weighted by atomic mass is 10.0. The molecule has 1 amide bonds. The van der Waals surface area contributed by atoms with Crippen molar-refractivity contribution in [3.8, 4) is 5.75 Å². The van der Waals surface area contributed by atoms with Gasteiger partial charge in [-0.05, 0) is 61.5 Å². The summed E-state index contributed by atoms with van der Waals surface area (Å²) in [6, 6.07) is 1.31. The van der Waals surface area contributed by atoms with Crippen LogP contribution in [0.1, 0.15) is 118 Å². The first-order valence-corrected chi connectivity index (χ1v) is 14.9. The summed E-state index contributed by atoms with van der Waals surface area (Å²) in [6.07, 6.45) is 12.0. The second-order valence-electron chi connectivity index (χ2n) is 10.2. The van der Waals surface area contributed by atoms with Gasteiger partial charge < -0.3 is 14.3 Å². The molecule has 0 spiro atoms. The zero-order valence-corrected chi connectivity index (χ0v) is 25.5. The molecular formula is C31H47NO6S. The summed E-state index contributed by atoms with van der Waals surface area (Å²) in [6.45, 7) is 12.6. The third-order valence-electron chi connectivity index (χ3n) is 6.44. The van der Waals surface area contributed by atoms with Gasteiger partial charge in [0.25, 0.3) is 0 Å². The predicted octanol–water partition coefficient (Wildman–Crippen LogP) is 8.07. The van der Waals surface area contributed by atoms with E-state index < -0.39 is 17.5 Å². The number of hydrogen-bond acceptors (Lipinski definition) is 7. The molecule has 7 nitrogen and oxygen atoms in total. The molecule has 39 heavy (non-hydrogen) atoms. The predicted molar refractivity (Wildman–Crippen MR) is 159 cm³/mol. The molecule has 0 fully saturated rings. The van der Waals surface area contributed by atoms with Gasteiger partial charge in [0, 0.05) is 29.5 Å². The highest BCUT2D eigenvalue weighted by atomic mass is 32.1. The van der Waals surface area contributed by atoms with Crippen molar-refractivity contribution < 1.29 is 23.8 Å². The molecule has 2 aromatic rings. The first-order valence-electron chi connectivity index (χ1n) is 14.0. The maximum Gasteiger partial charge on any atom is 0.410 e. The third kappa shape index (κ3) is 12.2. The van der Waals surface area contributed by atoms with Gasteiger partial charge in [-0.1, -0.05) is 60.0 Å². The summed E-state index contributed by atoms with van der Waals surface area (Å²) < 4.78 is 9.54. The van der Waals surface area contributed by atoms with Crippen molar-refractivity contribution in [3.63, 3.8) is 0 Å². The van der Waals surface area contributed by atoms with Gasteiger partial charge in [-0.15, -0.1) is 11.3 Å². The molecule has 0 saturated carbocycles. The number of thiophene rings is 1. The van der Waals surface area contributed by atoms with Gasteiger partial charge in [0.05, 0.1) is 7.11 Å². The number of carbonyl (C=O) groups excluding carboxylic acids is 2. The number of alkyl carbamates (subject to hydrolysis) is 1. The van der Waals surface area contributed by atoms with E-state index in [9.17, 15) is 19.5 Å². The largest absolute Gasteiger partial charge is 0.507 e. The third-order valence-corrected chi connectivity index (χ3v) is 7.60. The standard InChI is InChI=1S/C16H21NO6.C15H26S/c1-4-11(18)14-12(19)9-13(23-15(14)20)10(2)7-5-6-8-17-16(21)22-3;1-5-6-7-8-9-14-11-16-15(13(14)4)10-12(2)3/h6,8-10,19H,4-5,7H2,1-3H3,(H,17,21);11-12H,5-10H2,1-4H3/b8-6+;. The maximum absolute atomic E-state index is 11.8. The number of aromatic hydroxyl groups is 1. The van der Waals surface area contributed by atoms with E-state index in [1.165, 1.54) is 57.9 Å². The quantitative estimate of drug-likeness (QED) is 0.178. The van der Waals surface area contributed by atoms with Crippen molar-refractivity contribution in [2.75, 3.05) is 7.11 Å². The second-order valence-corrected chi connectivity index (χ2v) is 11.2. The van der Waals surface area contributed by atoms with Crippen molar-refractivity contribution in [2.45, 2.75) is 105 Å². The monoisotopic (exact) mass is 561 g/mol. The van der Waals surface area contributed by atoms with Crippen LogP contribution in [0, 0.1) is 12.8 Å². The molecular weight excluding hydrogens is 514 g/mol. The molecule has 0 radical (unpaired) electrons. The molecule has 218 valence electrons. The molecule has 8 heteroatoms. The fraction of sp³-hybridized carbons (Fsp3) is 0.581. The van der Waals surface area contributed by atoms with E-state index in [4.69, 9.17) is 4.42 Å². The van der Waals surface area contributed by atoms with Crippen LogP contribution in [0.2, 0.25) is 0 Å². The highest BCUT2D eigenvalue weighted by Crippen LogP contribution is 2.26. The topological polar surface area (TPSA) is 106 Å². The summed E-state index contributed by atoms with van der Waals surface area (Å²) in [7, 11) is 1.27. The molecule has 0 bridgehead atoms. The first-order chi connectivity index (χ1) is 18.5. The van der Waals surface area contributed by atoms with Crippen molar-refractivity contribution in [1.82, 2.24) is 5.32 Å². The van der Waals surface area contributed by atoms with Crippen LogP contribution in [-0.2, 0) is 17.6 Å². The summed E-state index contributed by atoms with van der Waals surface area (Å²) in [4.78, 5) is 35.9. The molecule has 1 atom stereocenters. The summed E-state index contributed by atoms with van der Waals surface area (Å²) in [5, 5.41) is 14.6. The number of methoxy groups -OCH3 is 1. The number of amides is 1. The Balaban J connectivity index is 0.000000416. The van der Waals surface area contributed by atoms with E-state index in [1.54, 1.807) is 29.0 Å². The average molecular weight is 562 g/mol. The lowest BCUT2D eigenvalue weighted by Crippen LogP contribution is -2.16. The zero-order chi connectivity index (χ0) is 29.4. The molecule has 0 aromatic carbocycles. The molecule has 2 rings (SSSR count). The lowest BCUT2D eigenvalue weighted by Gasteiger charge is -2.10. The summed E-state index contributed by atoms with van der Waals surface area (Å²) in [5.41, 5.74) is 2.07. The number of rotatable bonds is 14. The normalized spacial score (nSPS) is 11.8. The number of hydrogen-bond donors (Lipinski definition) is 2. The fourth-order valence-corrected chi connectivity index (χ4v) is 5.31. The molecule has 0 saturated heterocycles. The minimum Gasteiger partial charge on any atom is -0.507 e. The van der Waals surface area contributed by atoms with Gasteiger partial charge in [0.15, 0.2) is 5.78 Å². The summed E-state index contributed by atoms with van der Waals surface area (Å²) in [5.74, 6) is 0.159. The number of Topliss-reactive ketones (excluding diaryl/α,β-unsaturated/α-hetero) is 1. The van der Waals surface area contributed by atoms with E-state index >= 15 is 0 Å². The highest BCUT2D eigenvalue weighted by Gasteiger charge is 2.19. The number of allylic oxidation sites excluding steroid dienone is 1. The van der Waals surface area contributed by atoms with Gasteiger partial charge in [-0.3, -0.25) is 10.1 Å². The molecule has 2 aromatic heterocycles. The van der Waals surface area contributed by atoms with Crippen LogP contribution in [-0.4, -0.2) is 24.1 Å². The second kappa shape index (κ2) is 18.4. The van der Waals surface area contributed by atoms with Gasteiger partial charge in [-0.25, -0.2) is 9.59 Å². The Hall–Kier alpha value is -2.87. The number of carbonyl (C=O) groups is 2. The van der Waals surface area contributed by atoms with Gasteiger partial charge in [0.2, 0.25) is 0 Å². The van der Waals surface area contributed by atoms with Crippen LogP contribution >= 0.6 is 11.3 Å². The maximum atomic E-state index is 11.8. The Kier molecular flexibility index (Phi) is 16.1. The first kappa shape index (κ1) is 34.2. The van der Waals surface area contributed by atoms with Gasteiger partial charge in [-0.2, -0.15) is 0 Å². The number of ketones is 1. The smallest absolute Gasteiger partial charge is 0.410 e. The number of aryl methyl sites for hydroxylation is 1. The molecule has 0 aliphatic rings. The SMILES string of the molecule is CCC(=O)c1c(O)cc(C(C)CC/C=C/NC(=O)OC)oc1=O.CCCCCCc1csc(CC(C)C)c1C. The van der Waals surface area contributed by atoms with E-state index in [0.717, 1.165) is 5.92 Å². The van der Waals surface area contributed by atoms with Crippen LogP contribution in [0.4, 0.5) is 4.79 Å². The van der Waals surface area contributed by atoms with E-state index in [-0.39, 0.29) is 23.7 Å². The van der Waals surface area contributed by atoms with E-state index in [0.29, 0.717) is 18.6 Å². The minimum absolute atomic E-state index is 0.116. The average Bonchev–Trinajstić information content (AvgIpc) is 3.23. The van der Waals surface area contributed by atoms with Crippen LogP contribution in [0.3, 0.4) is 0 Å². The van der Waals surface area contributed by atoms with Crippen molar-refractivity contribution >= 4 is 23.2 Å². The van der Waals surface area contributed by atoms with Crippen molar-refractivity contribution in [3.05, 3.63) is 61.5 Å². The van der Waals surface area contributed by atoms with Crippen LogP contribution < -0.4 is 10.9 Å². The molecule has 2 heterocycles. The number of unbranched alkanes of at least 4 members (excludes halogenated alkanes) is 3. The van der Waals surface area contributed by atoms with Gasteiger partial charge >= 0.3 is 11.7 Å². The lowest BCUT2D eigenvalue weighted by molar-refractivity contribution is 0.0980. The minimum atomic E-state index is -0.818. The molecule has 0 aliphatic carbocycles. The van der Waals surface area contributed by atoms with E-state index in [1.807, 2.05) is 18.3 Å². The van der Waals surface area contributed by atoms with Crippen LogP contribution in [0.25, 0.3) is 0 Å². The Labute approximate surface area is 237 Å².